The molecule has 0 unspecified atom stereocenters. The first-order valence-corrected chi connectivity index (χ1v) is 10.9. The molecule has 0 saturated heterocycles. The molecule has 1 atom stereocenters. The average Bonchev–Trinajstić information content (AvgIpc) is 3.16. The third-order valence-corrected chi connectivity index (χ3v) is 6.50. The molecule has 0 radical (unpaired) electrons. The van der Waals surface area contributed by atoms with Crippen molar-refractivity contribution in [2.45, 2.75) is 51.5 Å². The van der Waals surface area contributed by atoms with E-state index in [-0.39, 0.29) is 11.7 Å². The second-order valence-electron chi connectivity index (χ2n) is 7.04. The van der Waals surface area contributed by atoms with E-state index >= 15 is 0 Å². The van der Waals surface area contributed by atoms with Gasteiger partial charge < -0.3 is 5.32 Å². The fourth-order valence-corrected chi connectivity index (χ4v) is 4.79. The lowest BCUT2D eigenvalue weighted by molar-refractivity contribution is -0.119. The number of ketones is 1. The number of thiophene rings is 1. The zero-order valence-electron chi connectivity index (χ0n) is 15.0. The summed E-state index contributed by atoms with van der Waals surface area (Å²) in [5.41, 5.74) is 1.51. The van der Waals surface area contributed by atoms with E-state index in [2.05, 4.69) is 21.2 Å². The summed E-state index contributed by atoms with van der Waals surface area (Å²) in [5.74, 6) is 0.412. The van der Waals surface area contributed by atoms with Gasteiger partial charge in [0.05, 0.1) is 6.04 Å². The molecule has 3 rings (SSSR count). The predicted molar refractivity (Wildman–Crippen MR) is 111 cm³/mol. The minimum absolute atomic E-state index is 0.0405. The van der Waals surface area contributed by atoms with E-state index in [9.17, 15) is 9.59 Å². The largest absolute Gasteiger partial charge is 0.342 e. The highest BCUT2D eigenvalue weighted by Crippen LogP contribution is 2.31. The molecular weight excluding hydrogens is 410 g/mol. The van der Waals surface area contributed by atoms with E-state index < -0.39 is 6.04 Å². The Kier molecular flexibility index (Phi) is 6.65. The summed E-state index contributed by atoms with van der Waals surface area (Å²) < 4.78 is 0.933. The van der Waals surface area contributed by atoms with Gasteiger partial charge in [0.1, 0.15) is 0 Å². The van der Waals surface area contributed by atoms with Crippen LogP contribution in [0, 0.1) is 5.92 Å². The maximum Gasteiger partial charge on any atom is 0.252 e. The van der Waals surface area contributed by atoms with Crippen LogP contribution in [0.15, 0.2) is 40.2 Å². The van der Waals surface area contributed by atoms with Crippen LogP contribution in [-0.4, -0.2) is 17.7 Å². The molecule has 1 aromatic heterocycles. The molecule has 3 nitrogen and oxygen atoms in total. The monoisotopic (exact) mass is 433 g/mol. The fourth-order valence-electron chi connectivity index (χ4n) is 3.67. The van der Waals surface area contributed by atoms with E-state index in [1.165, 1.54) is 32.1 Å². The number of hydrogen-bond acceptors (Lipinski definition) is 3. The third kappa shape index (κ3) is 4.83. The van der Waals surface area contributed by atoms with Gasteiger partial charge in [0.2, 0.25) is 0 Å². The summed E-state index contributed by atoms with van der Waals surface area (Å²) in [6.07, 6.45) is 6.84. The number of hydrogen-bond donors (Lipinski definition) is 1. The normalized spacial score (nSPS) is 16.2. The van der Waals surface area contributed by atoms with Crippen molar-refractivity contribution in [1.82, 2.24) is 5.32 Å². The highest BCUT2D eigenvalue weighted by atomic mass is 79.9. The molecular formula is C21H24BrNO2S. The van der Waals surface area contributed by atoms with Crippen molar-refractivity contribution in [1.29, 1.82) is 0 Å². The minimum atomic E-state index is -0.398. The highest BCUT2D eigenvalue weighted by Gasteiger charge is 2.25. The van der Waals surface area contributed by atoms with Gasteiger partial charge in [-0.2, -0.15) is 0 Å². The van der Waals surface area contributed by atoms with Crippen LogP contribution < -0.4 is 5.32 Å². The van der Waals surface area contributed by atoms with Gasteiger partial charge in [-0.25, -0.2) is 0 Å². The molecule has 1 aliphatic carbocycles. The Morgan fingerprint density at radius 2 is 2.00 bits per heavy atom. The van der Waals surface area contributed by atoms with Crippen LogP contribution in [0.2, 0.25) is 0 Å². The predicted octanol–water partition coefficient (Wildman–Crippen LogP) is 5.84. The van der Waals surface area contributed by atoms with Gasteiger partial charge in [-0.1, -0.05) is 54.1 Å². The Morgan fingerprint density at radius 3 is 2.65 bits per heavy atom. The number of carbonyl (C=O) groups is 2. The number of benzene rings is 1. The zero-order valence-corrected chi connectivity index (χ0v) is 17.4. The lowest BCUT2D eigenvalue weighted by atomic mass is 9.84. The van der Waals surface area contributed by atoms with E-state index in [4.69, 9.17) is 0 Å². The molecule has 2 aromatic rings. The molecule has 0 aliphatic heterocycles. The lowest BCUT2D eigenvalue weighted by Crippen LogP contribution is -2.41. The van der Waals surface area contributed by atoms with Crippen LogP contribution in [0.4, 0.5) is 0 Å². The van der Waals surface area contributed by atoms with E-state index in [0.717, 1.165) is 21.3 Å². The van der Waals surface area contributed by atoms with Gasteiger partial charge in [0.15, 0.2) is 5.78 Å². The molecule has 1 fully saturated rings. The quantitative estimate of drug-likeness (QED) is 0.621. The molecule has 5 heteroatoms. The molecule has 0 spiro atoms. The number of Topliss-reactive ketones (excluding diaryl/α,β-unsaturated/α-hetero) is 1. The summed E-state index contributed by atoms with van der Waals surface area (Å²) >= 11 is 5.09. The van der Waals surface area contributed by atoms with Gasteiger partial charge in [-0.3, -0.25) is 9.59 Å². The Morgan fingerprint density at radius 1 is 1.23 bits per heavy atom. The first-order chi connectivity index (χ1) is 12.5. The first-order valence-electron chi connectivity index (χ1n) is 9.19. The molecule has 0 bridgehead atoms. The van der Waals surface area contributed by atoms with Gasteiger partial charge in [-0.15, -0.1) is 11.3 Å². The Hall–Kier alpha value is -1.46. The molecule has 1 aliphatic rings. The standard InChI is InChI=1S/C21H24BrNO2S/c1-14(24)19(12-15-6-3-2-4-7-15)23-21(25)17-10-9-16(22)13-18(17)20-8-5-11-26-20/h5,8-11,13,15,19H,2-4,6-7,12H2,1H3,(H,23,25)/t19-/m0/s1. The van der Waals surface area contributed by atoms with E-state index in [1.807, 2.05) is 35.7 Å². The van der Waals surface area contributed by atoms with E-state index in [1.54, 1.807) is 18.3 Å². The first kappa shape index (κ1) is 19.3. The maximum atomic E-state index is 13.0. The summed E-state index contributed by atoms with van der Waals surface area (Å²) in [4.78, 5) is 26.1. The van der Waals surface area contributed by atoms with Crippen LogP contribution in [0.5, 0.6) is 0 Å². The van der Waals surface area contributed by atoms with E-state index in [0.29, 0.717) is 11.5 Å². The van der Waals surface area contributed by atoms with Crippen LogP contribution in [0.25, 0.3) is 10.4 Å². The summed E-state index contributed by atoms with van der Waals surface area (Å²) in [7, 11) is 0. The van der Waals surface area contributed by atoms with Crippen LogP contribution >= 0.6 is 27.3 Å². The average molecular weight is 434 g/mol. The van der Waals surface area contributed by atoms with Crippen molar-refractivity contribution in [2.24, 2.45) is 5.92 Å². The smallest absolute Gasteiger partial charge is 0.252 e. The van der Waals surface area contributed by atoms with Crippen molar-refractivity contribution < 1.29 is 9.59 Å². The lowest BCUT2D eigenvalue weighted by Gasteiger charge is -2.26. The number of rotatable bonds is 6. The molecule has 1 heterocycles. The molecule has 1 amide bonds. The number of amides is 1. The zero-order chi connectivity index (χ0) is 18.5. The second kappa shape index (κ2) is 8.96. The molecule has 1 aromatic carbocycles. The molecule has 1 N–H and O–H groups in total. The topological polar surface area (TPSA) is 46.2 Å². The Labute approximate surface area is 167 Å². The Balaban J connectivity index is 1.78. The fraction of sp³-hybridized carbons (Fsp3) is 0.429. The number of halogens is 1. The van der Waals surface area contributed by atoms with Crippen molar-refractivity contribution in [3.8, 4) is 10.4 Å². The van der Waals surface area contributed by atoms with Gasteiger partial charge in [0, 0.05) is 20.5 Å². The maximum absolute atomic E-state index is 13.0. The molecule has 1 saturated carbocycles. The van der Waals surface area contributed by atoms with Crippen molar-refractivity contribution in [2.75, 3.05) is 0 Å². The summed E-state index contributed by atoms with van der Waals surface area (Å²) in [6.45, 7) is 1.58. The molecule has 138 valence electrons. The summed E-state index contributed by atoms with van der Waals surface area (Å²) in [5, 5.41) is 5.00. The minimum Gasteiger partial charge on any atom is -0.342 e. The van der Waals surface area contributed by atoms with Crippen molar-refractivity contribution >= 4 is 39.0 Å². The Bertz CT molecular complexity index is 766. The van der Waals surface area contributed by atoms with Crippen molar-refractivity contribution in [3.63, 3.8) is 0 Å². The third-order valence-electron chi connectivity index (χ3n) is 5.10. The van der Waals surface area contributed by atoms with Crippen molar-refractivity contribution in [3.05, 3.63) is 45.7 Å². The van der Waals surface area contributed by atoms with Gasteiger partial charge in [-0.05, 0) is 48.9 Å². The number of nitrogens with one attached hydrogen (secondary N) is 1. The SMILES string of the molecule is CC(=O)[C@H](CC1CCCCC1)NC(=O)c1ccc(Br)cc1-c1cccs1. The van der Waals surface area contributed by atoms with Gasteiger partial charge >= 0.3 is 0 Å². The van der Waals surface area contributed by atoms with Crippen LogP contribution in [0.3, 0.4) is 0 Å². The van der Waals surface area contributed by atoms with Crippen LogP contribution in [-0.2, 0) is 4.79 Å². The highest BCUT2D eigenvalue weighted by molar-refractivity contribution is 9.10. The summed E-state index contributed by atoms with van der Waals surface area (Å²) in [6, 6.07) is 9.25. The number of carbonyl (C=O) groups excluding carboxylic acids is 2. The van der Waals surface area contributed by atoms with Crippen LogP contribution in [0.1, 0.15) is 55.8 Å². The molecule has 26 heavy (non-hydrogen) atoms. The second-order valence-corrected chi connectivity index (χ2v) is 8.91. The van der Waals surface area contributed by atoms with Gasteiger partial charge in [0.25, 0.3) is 5.91 Å².